The Labute approximate surface area is 72.8 Å². The fourth-order valence-corrected chi connectivity index (χ4v) is 1.68. The number of nitrogen functional groups attached to an aromatic ring is 1. The molecule has 0 saturated heterocycles. The number of rotatable bonds is 1. The quantitative estimate of drug-likeness (QED) is 0.670. The Bertz CT molecular complexity index is 375. The van der Waals surface area contributed by atoms with Crippen molar-refractivity contribution in [2.45, 2.75) is 4.90 Å². The molecule has 1 aromatic rings. The van der Waals surface area contributed by atoms with E-state index in [0.29, 0.717) is 5.69 Å². The maximum atomic E-state index is 11.7. The van der Waals surface area contributed by atoms with E-state index in [0.717, 1.165) is 4.90 Å². The molecule has 0 aliphatic rings. The highest BCUT2D eigenvalue weighted by atomic mass is 32.2. The number of anilines is 1. The van der Waals surface area contributed by atoms with Crippen LogP contribution in [0.15, 0.2) is 33.5 Å². The number of nitrogens with two attached hydrogens (primary N) is 1. The van der Waals surface area contributed by atoms with Gasteiger partial charge in [-0.15, -0.1) is 0 Å². The van der Waals surface area contributed by atoms with Crippen LogP contribution in [0.25, 0.3) is 0 Å². The van der Waals surface area contributed by atoms with Gasteiger partial charge in [-0.05, 0) is 24.3 Å². The smallest absolute Gasteiger partial charge is 0.0720 e. The average molecular weight is 184 g/mol. The van der Waals surface area contributed by atoms with E-state index in [2.05, 4.69) is 4.36 Å². The molecular formula is C8H12N2OS. The van der Waals surface area contributed by atoms with E-state index < -0.39 is 9.73 Å². The molecule has 66 valence electrons. The lowest BCUT2D eigenvalue weighted by Crippen LogP contribution is -1.96. The van der Waals surface area contributed by atoms with Crippen LogP contribution in [-0.4, -0.2) is 17.5 Å². The largest absolute Gasteiger partial charge is 0.399 e. The summed E-state index contributed by atoms with van der Waals surface area (Å²) < 4.78 is 15.5. The minimum atomic E-state index is -2.20. The number of benzene rings is 1. The summed E-state index contributed by atoms with van der Waals surface area (Å²) in [6, 6.07) is 6.93. The van der Waals surface area contributed by atoms with Crippen molar-refractivity contribution in [3.8, 4) is 0 Å². The molecule has 1 rings (SSSR count). The molecule has 0 fully saturated rings. The molecule has 1 aromatic carbocycles. The topological polar surface area (TPSA) is 55.5 Å². The molecule has 12 heavy (non-hydrogen) atoms. The molecule has 0 aliphatic carbocycles. The lowest BCUT2D eigenvalue weighted by Gasteiger charge is -2.02. The lowest BCUT2D eigenvalue weighted by molar-refractivity contribution is 0.680. The Kier molecular flexibility index (Phi) is 2.38. The molecule has 0 heterocycles. The lowest BCUT2D eigenvalue weighted by atomic mass is 10.3. The molecule has 1 atom stereocenters. The SMILES string of the molecule is CN=[S@@](C)(=O)c1ccc(N)cc1. The van der Waals surface area contributed by atoms with Crippen LogP contribution in [0.4, 0.5) is 5.69 Å². The second kappa shape index (κ2) is 3.15. The first-order chi connectivity index (χ1) is 5.56. The van der Waals surface area contributed by atoms with Gasteiger partial charge >= 0.3 is 0 Å². The van der Waals surface area contributed by atoms with Gasteiger partial charge in [0.25, 0.3) is 0 Å². The van der Waals surface area contributed by atoms with E-state index in [4.69, 9.17) is 5.73 Å². The Morgan fingerprint density at radius 1 is 1.33 bits per heavy atom. The van der Waals surface area contributed by atoms with Crippen molar-refractivity contribution in [1.29, 1.82) is 0 Å². The van der Waals surface area contributed by atoms with Gasteiger partial charge < -0.3 is 5.73 Å². The van der Waals surface area contributed by atoms with Crippen LogP contribution in [0, 0.1) is 0 Å². The van der Waals surface area contributed by atoms with E-state index in [-0.39, 0.29) is 0 Å². The van der Waals surface area contributed by atoms with Crippen LogP contribution in [0.3, 0.4) is 0 Å². The van der Waals surface area contributed by atoms with Crippen LogP contribution in [0.2, 0.25) is 0 Å². The van der Waals surface area contributed by atoms with Gasteiger partial charge in [0.2, 0.25) is 0 Å². The van der Waals surface area contributed by atoms with Crippen molar-refractivity contribution in [3.63, 3.8) is 0 Å². The molecule has 0 radical (unpaired) electrons. The molecule has 0 spiro atoms. The molecule has 0 bridgehead atoms. The first-order valence-corrected chi connectivity index (χ1v) is 5.44. The molecule has 0 aliphatic heterocycles. The highest BCUT2D eigenvalue weighted by Crippen LogP contribution is 2.12. The van der Waals surface area contributed by atoms with Gasteiger partial charge in [0, 0.05) is 23.9 Å². The summed E-state index contributed by atoms with van der Waals surface area (Å²) in [7, 11) is -0.641. The van der Waals surface area contributed by atoms with E-state index in [1.807, 2.05) is 0 Å². The second-order valence-electron chi connectivity index (χ2n) is 2.55. The van der Waals surface area contributed by atoms with Crippen LogP contribution < -0.4 is 5.73 Å². The monoisotopic (exact) mass is 184 g/mol. The summed E-state index contributed by atoms with van der Waals surface area (Å²) >= 11 is 0. The van der Waals surface area contributed by atoms with Crippen molar-refractivity contribution in [2.24, 2.45) is 4.36 Å². The van der Waals surface area contributed by atoms with Gasteiger partial charge in [0.1, 0.15) is 0 Å². The second-order valence-corrected chi connectivity index (χ2v) is 5.00. The van der Waals surface area contributed by atoms with Gasteiger partial charge in [-0.2, -0.15) is 0 Å². The third-order valence-electron chi connectivity index (χ3n) is 1.67. The summed E-state index contributed by atoms with van der Waals surface area (Å²) in [5.74, 6) is 0. The minimum absolute atomic E-state index is 0.671. The zero-order valence-electron chi connectivity index (χ0n) is 7.15. The van der Waals surface area contributed by atoms with Crippen LogP contribution >= 0.6 is 0 Å². The highest BCUT2D eigenvalue weighted by Gasteiger charge is 2.02. The van der Waals surface area contributed by atoms with Crippen molar-refractivity contribution in [1.82, 2.24) is 0 Å². The Hall–Kier alpha value is -1.03. The summed E-state index contributed by atoms with van der Waals surface area (Å²) in [6.45, 7) is 0. The van der Waals surface area contributed by atoms with Gasteiger partial charge in [0.05, 0.1) is 9.73 Å². The third-order valence-corrected chi connectivity index (χ3v) is 3.51. The van der Waals surface area contributed by atoms with Gasteiger partial charge in [-0.1, -0.05) is 0 Å². The molecule has 3 nitrogen and oxygen atoms in total. The molecular weight excluding hydrogens is 172 g/mol. The van der Waals surface area contributed by atoms with E-state index in [1.165, 1.54) is 0 Å². The van der Waals surface area contributed by atoms with Crippen LogP contribution in [0.5, 0.6) is 0 Å². The predicted molar refractivity (Wildman–Crippen MR) is 51.5 cm³/mol. The van der Waals surface area contributed by atoms with Crippen molar-refractivity contribution in [3.05, 3.63) is 24.3 Å². The number of hydrogen-bond acceptors (Lipinski definition) is 3. The molecule has 0 unspecified atom stereocenters. The zero-order valence-corrected chi connectivity index (χ0v) is 7.97. The van der Waals surface area contributed by atoms with E-state index >= 15 is 0 Å². The van der Waals surface area contributed by atoms with Gasteiger partial charge in [0.15, 0.2) is 0 Å². The standard InChI is InChI=1S/C8H12N2OS/c1-10-12(2,11)8-5-3-7(9)4-6-8/h3-6H,9H2,1-2H3/t12-/m0/s1. The van der Waals surface area contributed by atoms with E-state index in [9.17, 15) is 4.21 Å². The molecule has 4 heteroatoms. The Morgan fingerprint density at radius 2 is 1.83 bits per heavy atom. The minimum Gasteiger partial charge on any atom is -0.399 e. The summed E-state index contributed by atoms with van der Waals surface area (Å²) in [5, 5.41) is 0. The van der Waals surface area contributed by atoms with Gasteiger partial charge in [-0.3, -0.25) is 0 Å². The van der Waals surface area contributed by atoms with Crippen LogP contribution in [-0.2, 0) is 9.73 Å². The fraction of sp³-hybridized carbons (Fsp3) is 0.250. The summed E-state index contributed by atoms with van der Waals surface area (Å²) in [5.41, 5.74) is 6.16. The number of nitrogens with zero attached hydrogens (tertiary/aromatic N) is 1. The molecule has 2 N–H and O–H groups in total. The van der Waals surface area contributed by atoms with Crippen LogP contribution in [0.1, 0.15) is 0 Å². The summed E-state index contributed by atoms with van der Waals surface area (Å²) in [4.78, 5) is 0.721. The Balaban J connectivity index is 3.24. The van der Waals surface area contributed by atoms with Crippen molar-refractivity contribution in [2.75, 3.05) is 19.0 Å². The summed E-state index contributed by atoms with van der Waals surface area (Å²) in [6.07, 6.45) is 1.61. The first kappa shape index (κ1) is 9.06. The Morgan fingerprint density at radius 3 is 2.25 bits per heavy atom. The third kappa shape index (κ3) is 1.76. The van der Waals surface area contributed by atoms with Gasteiger partial charge in [-0.25, -0.2) is 8.57 Å². The molecule has 0 aromatic heterocycles. The molecule has 0 amide bonds. The highest BCUT2D eigenvalue weighted by molar-refractivity contribution is 7.93. The molecule has 0 saturated carbocycles. The van der Waals surface area contributed by atoms with Crippen molar-refractivity contribution < 1.29 is 4.21 Å². The zero-order chi connectivity index (χ0) is 9.19. The number of hydrogen-bond donors (Lipinski definition) is 1. The van der Waals surface area contributed by atoms with Crippen molar-refractivity contribution >= 4 is 15.4 Å². The predicted octanol–water partition coefficient (Wildman–Crippen LogP) is 1.36. The maximum absolute atomic E-state index is 11.7. The maximum Gasteiger partial charge on any atom is 0.0720 e. The first-order valence-electron chi connectivity index (χ1n) is 3.52. The fourth-order valence-electron chi connectivity index (χ4n) is 0.826. The van der Waals surface area contributed by atoms with E-state index in [1.54, 1.807) is 37.6 Å². The normalized spacial score (nSPS) is 15.2. The average Bonchev–Trinajstić information content (AvgIpc) is 2.05.